The Kier molecular flexibility index (Phi) is 2.05. The molecular formula is C10H6N6S2. The summed E-state index contributed by atoms with van der Waals surface area (Å²) in [6, 6.07) is 3.90. The van der Waals surface area contributed by atoms with Crippen molar-refractivity contribution in [3.05, 3.63) is 29.1 Å². The summed E-state index contributed by atoms with van der Waals surface area (Å²) in [5, 5.41) is 24.5. The Bertz CT molecular complexity index is 780. The van der Waals surface area contributed by atoms with E-state index < -0.39 is 0 Å². The van der Waals surface area contributed by atoms with Crippen molar-refractivity contribution in [1.82, 2.24) is 30.0 Å². The molecule has 0 aromatic carbocycles. The molecule has 0 aliphatic carbocycles. The maximum atomic E-state index is 4.51. The zero-order valence-corrected chi connectivity index (χ0v) is 10.6. The fraction of sp³-hybridized carbons (Fsp3) is 0. The molecule has 6 nitrogen and oxygen atoms in total. The minimum Gasteiger partial charge on any atom is -0.275 e. The van der Waals surface area contributed by atoms with E-state index >= 15 is 0 Å². The van der Waals surface area contributed by atoms with Crippen LogP contribution in [0.1, 0.15) is 0 Å². The van der Waals surface area contributed by atoms with E-state index in [0.29, 0.717) is 0 Å². The third-order valence-corrected chi connectivity index (χ3v) is 4.12. The predicted octanol–water partition coefficient (Wildman–Crippen LogP) is 2.30. The van der Waals surface area contributed by atoms with Crippen molar-refractivity contribution in [2.24, 2.45) is 0 Å². The van der Waals surface area contributed by atoms with Crippen LogP contribution in [0.3, 0.4) is 0 Å². The van der Waals surface area contributed by atoms with E-state index in [1.807, 2.05) is 22.9 Å². The van der Waals surface area contributed by atoms with E-state index in [-0.39, 0.29) is 0 Å². The molecule has 0 radical (unpaired) electrons. The van der Waals surface area contributed by atoms with Gasteiger partial charge in [-0.15, -0.1) is 10.2 Å². The van der Waals surface area contributed by atoms with Crippen molar-refractivity contribution >= 4 is 27.6 Å². The fourth-order valence-electron chi connectivity index (χ4n) is 1.67. The summed E-state index contributed by atoms with van der Waals surface area (Å²) in [6.45, 7) is 0. The molecule has 0 aliphatic rings. The number of H-pyrrole nitrogens is 1. The molecule has 18 heavy (non-hydrogen) atoms. The molecule has 4 aromatic rings. The van der Waals surface area contributed by atoms with Crippen LogP contribution in [0.5, 0.6) is 0 Å². The van der Waals surface area contributed by atoms with Gasteiger partial charge in [-0.1, -0.05) is 11.3 Å². The number of fused-ring (bicyclic) bond motifs is 1. The van der Waals surface area contributed by atoms with Crippen molar-refractivity contribution in [3.8, 4) is 22.1 Å². The number of rotatable bonds is 2. The Balaban J connectivity index is 1.92. The summed E-state index contributed by atoms with van der Waals surface area (Å²) in [5.41, 5.74) is 1.93. The molecule has 0 bridgehead atoms. The highest BCUT2D eigenvalue weighted by Crippen LogP contribution is 2.27. The lowest BCUT2D eigenvalue weighted by Crippen LogP contribution is -1.89. The van der Waals surface area contributed by atoms with Crippen molar-refractivity contribution < 1.29 is 0 Å². The highest BCUT2D eigenvalue weighted by atomic mass is 32.1. The fourth-order valence-corrected chi connectivity index (χ4v) is 3.12. The maximum absolute atomic E-state index is 4.51. The Labute approximate surface area is 109 Å². The number of hydrogen-bond acceptors (Lipinski definition) is 6. The van der Waals surface area contributed by atoms with Gasteiger partial charge >= 0.3 is 0 Å². The molecule has 4 rings (SSSR count). The molecule has 0 saturated heterocycles. The third-order valence-electron chi connectivity index (χ3n) is 2.50. The first-order valence-electron chi connectivity index (χ1n) is 5.16. The lowest BCUT2D eigenvalue weighted by atomic mass is 10.3. The molecule has 0 aliphatic heterocycles. The normalized spacial score (nSPS) is 11.3. The van der Waals surface area contributed by atoms with Crippen LogP contribution in [0.4, 0.5) is 0 Å². The lowest BCUT2D eigenvalue weighted by molar-refractivity contribution is 0.964. The summed E-state index contributed by atoms with van der Waals surface area (Å²) in [7, 11) is 0. The summed E-state index contributed by atoms with van der Waals surface area (Å²) < 4.78 is 1.77. The van der Waals surface area contributed by atoms with Gasteiger partial charge < -0.3 is 0 Å². The molecule has 0 saturated carbocycles. The van der Waals surface area contributed by atoms with Gasteiger partial charge in [0.15, 0.2) is 10.8 Å². The molecule has 0 spiro atoms. The van der Waals surface area contributed by atoms with Crippen molar-refractivity contribution in [2.75, 3.05) is 0 Å². The van der Waals surface area contributed by atoms with E-state index in [1.165, 1.54) is 11.3 Å². The van der Waals surface area contributed by atoms with Gasteiger partial charge in [0, 0.05) is 17.1 Å². The van der Waals surface area contributed by atoms with Gasteiger partial charge in [0.25, 0.3) is 0 Å². The SMILES string of the molecule is c1cc(-c2nn3c(-c4ccsc4)nnc3s2)[nH]n1. The van der Waals surface area contributed by atoms with Gasteiger partial charge in [-0.3, -0.25) is 5.10 Å². The van der Waals surface area contributed by atoms with Gasteiger partial charge in [0.2, 0.25) is 4.96 Å². The van der Waals surface area contributed by atoms with Crippen LogP contribution in [-0.4, -0.2) is 30.0 Å². The Morgan fingerprint density at radius 3 is 3.00 bits per heavy atom. The topological polar surface area (TPSA) is 71.8 Å². The van der Waals surface area contributed by atoms with Crippen LogP contribution in [0, 0.1) is 0 Å². The van der Waals surface area contributed by atoms with E-state index in [9.17, 15) is 0 Å². The number of nitrogens with one attached hydrogen (secondary N) is 1. The largest absolute Gasteiger partial charge is 0.275 e. The standard InChI is InChI=1S/C10H6N6S2/c1-3-11-12-7(1)9-15-16-8(6-2-4-17-5-6)13-14-10(16)18-9/h1-5H,(H,11,12). The summed E-state index contributed by atoms with van der Waals surface area (Å²) in [4.78, 5) is 0.779. The molecule has 4 heterocycles. The molecule has 88 valence electrons. The monoisotopic (exact) mass is 274 g/mol. The Morgan fingerprint density at radius 1 is 1.22 bits per heavy atom. The van der Waals surface area contributed by atoms with Gasteiger partial charge in [0.1, 0.15) is 0 Å². The first-order chi connectivity index (χ1) is 8.92. The molecule has 0 amide bonds. The quantitative estimate of drug-likeness (QED) is 0.609. The average molecular weight is 274 g/mol. The van der Waals surface area contributed by atoms with E-state index in [4.69, 9.17) is 0 Å². The second kappa shape index (κ2) is 3.72. The van der Waals surface area contributed by atoms with Crippen LogP contribution in [-0.2, 0) is 0 Å². The summed E-state index contributed by atoms with van der Waals surface area (Å²) in [6.07, 6.45) is 1.71. The second-order valence-electron chi connectivity index (χ2n) is 3.61. The number of hydrogen-bond donors (Lipinski definition) is 1. The summed E-state index contributed by atoms with van der Waals surface area (Å²) in [5.74, 6) is 0.772. The predicted molar refractivity (Wildman–Crippen MR) is 69.6 cm³/mol. The van der Waals surface area contributed by atoms with Crippen LogP contribution in [0.25, 0.3) is 27.1 Å². The highest BCUT2D eigenvalue weighted by molar-refractivity contribution is 7.19. The molecule has 1 N–H and O–H groups in total. The molecule has 0 atom stereocenters. The van der Waals surface area contributed by atoms with Crippen LogP contribution >= 0.6 is 22.7 Å². The minimum atomic E-state index is 0.772. The maximum Gasteiger partial charge on any atom is 0.235 e. The average Bonchev–Trinajstić information content (AvgIpc) is 3.13. The first kappa shape index (κ1) is 9.92. The smallest absolute Gasteiger partial charge is 0.235 e. The van der Waals surface area contributed by atoms with Crippen LogP contribution in [0.15, 0.2) is 29.1 Å². The molecule has 4 aromatic heterocycles. The van der Waals surface area contributed by atoms with E-state index in [0.717, 1.165) is 27.1 Å². The zero-order valence-electron chi connectivity index (χ0n) is 8.94. The van der Waals surface area contributed by atoms with E-state index in [1.54, 1.807) is 22.0 Å². The highest BCUT2D eigenvalue weighted by Gasteiger charge is 2.14. The number of thiophene rings is 1. The van der Waals surface area contributed by atoms with Gasteiger partial charge in [-0.05, 0) is 17.5 Å². The molecular weight excluding hydrogens is 268 g/mol. The van der Waals surface area contributed by atoms with Crippen LogP contribution in [0.2, 0.25) is 0 Å². The summed E-state index contributed by atoms with van der Waals surface area (Å²) >= 11 is 3.11. The van der Waals surface area contributed by atoms with Gasteiger partial charge in [-0.2, -0.15) is 26.0 Å². The van der Waals surface area contributed by atoms with Crippen molar-refractivity contribution in [2.45, 2.75) is 0 Å². The molecule has 0 unspecified atom stereocenters. The van der Waals surface area contributed by atoms with E-state index in [2.05, 4.69) is 25.5 Å². The van der Waals surface area contributed by atoms with Gasteiger partial charge in [-0.25, -0.2) is 0 Å². The van der Waals surface area contributed by atoms with Crippen molar-refractivity contribution in [3.63, 3.8) is 0 Å². The second-order valence-corrected chi connectivity index (χ2v) is 5.34. The Morgan fingerprint density at radius 2 is 2.22 bits per heavy atom. The van der Waals surface area contributed by atoms with Crippen LogP contribution < -0.4 is 0 Å². The Hall–Kier alpha value is -2.06. The first-order valence-corrected chi connectivity index (χ1v) is 6.92. The zero-order chi connectivity index (χ0) is 11.9. The number of aromatic amines is 1. The van der Waals surface area contributed by atoms with Gasteiger partial charge in [0.05, 0.1) is 5.69 Å². The molecule has 0 fully saturated rings. The number of nitrogens with zero attached hydrogens (tertiary/aromatic N) is 5. The number of aromatic nitrogens is 6. The molecule has 8 heteroatoms. The van der Waals surface area contributed by atoms with Crippen molar-refractivity contribution in [1.29, 1.82) is 0 Å². The minimum absolute atomic E-state index is 0.772. The third kappa shape index (κ3) is 1.39. The lowest BCUT2D eigenvalue weighted by Gasteiger charge is -1.90.